The maximum absolute atomic E-state index is 13.0. The van der Waals surface area contributed by atoms with Crippen LogP contribution in [0.3, 0.4) is 0 Å². The molecule has 1 atom stereocenters. The van der Waals surface area contributed by atoms with Crippen LogP contribution in [0, 0.1) is 0 Å². The lowest BCUT2D eigenvalue weighted by Gasteiger charge is -2.16. The number of amides is 1. The average molecular weight is 476 g/mol. The van der Waals surface area contributed by atoms with Crippen molar-refractivity contribution in [2.45, 2.75) is 23.9 Å². The van der Waals surface area contributed by atoms with E-state index in [1.165, 1.54) is 11.8 Å². The van der Waals surface area contributed by atoms with E-state index in [0.29, 0.717) is 40.6 Å². The second-order valence-corrected chi connectivity index (χ2v) is 8.86. The van der Waals surface area contributed by atoms with Crippen LogP contribution in [-0.4, -0.2) is 34.4 Å². The van der Waals surface area contributed by atoms with Gasteiger partial charge in [0.05, 0.1) is 29.3 Å². The molecule has 0 aliphatic carbocycles. The Labute approximate surface area is 201 Å². The van der Waals surface area contributed by atoms with Crippen LogP contribution in [0.1, 0.15) is 6.92 Å². The van der Waals surface area contributed by atoms with Gasteiger partial charge in [-0.15, -0.1) is 0 Å². The summed E-state index contributed by atoms with van der Waals surface area (Å²) in [6.45, 7) is 2.51. The zero-order valence-corrected chi connectivity index (χ0v) is 19.7. The molecule has 4 rings (SSSR count). The number of hydrogen-bond donors (Lipinski definition) is 1. The molecule has 0 spiro atoms. The van der Waals surface area contributed by atoms with Gasteiger partial charge in [0.2, 0.25) is 5.91 Å². The molecule has 1 N–H and O–H groups in total. The number of methoxy groups -OCH3 is 1. The lowest BCUT2D eigenvalue weighted by atomic mass is 10.2. The fourth-order valence-electron chi connectivity index (χ4n) is 3.30. The van der Waals surface area contributed by atoms with Gasteiger partial charge < -0.3 is 14.8 Å². The van der Waals surface area contributed by atoms with E-state index in [1.54, 1.807) is 55.0 Å². The number of nitrogens with zero attached hydrogens (tertiary/aromatic N) is 2. The fourth-order valence-corrected chi connectivity index (χ4v) is 4.24. The van der Waals surface area contributed by atoms with E-state index >= 15 is 0 Å². The van der Waals surface area contributed by atoms with Crippen molar-refractivity contribution in [1.29, 1.82) is 0 Å². The smallest absolute Gasteiger partial charge is 0.262 e. The Morgan fingerprint density at radius 3 is 2.41 bits per heavy atom. The number of hydrogen-bond acceptors (Lipinski definition) is 6. The summed E-state index contributed by atoms with van der Waals surface area (Å²) in [6.07, 6.45) is 0. The molecule has 0 unspecified atom stereocenters. The van der Waals surface area contributed by atoms with Crippen LogP contribution in [0.15, 0.2) is 88.8 Å². The lowest BCUT2D eigenvalue weighted by Crippen LogP contribution is -2.28. The van der Waals surface area contributed by atoms with E-state index < -0.39 is 5.25 Å². The number of fused-ring (bicyclic) bond motifs is 1. The molecule has 7 nitrogen and oxygen atoms in total. The van der Waals surface area contributed by atoms with Crippen LogP contribution < -0.4 is 15.6 Å². The highest BCUT2D eigenvalue weighted by atomic mass is 32.2. The molecule has 0 radical (unpaired) electrons. The second kappa shape index (κ2) is 11.0. The zero-order chi connectivity index (χ0) is 23.9. The summed E-state index contributed by atoms with van der Waals surface area (Å²) in [7, 11) is 1.58. The first kappa shape index (κ1) is 23.5. The third kappa shape index (κ3) is 5.65. The van der Waals surface area contributed by atoms with Gasteiger partial charge in [0.15, 0.2) is 5.16 Å². The van der Waals surface area contributed by atoms with Gasteiger partial charge in [0.1, 0.15) is 11.5 Å². The summed E-state index contributed by atoms with van der Waals surface area (Å²) in [5.74, 6) is 1.23. The van der Waals surface area contributed by atoms with E-state index in [4.69, 9.17) is 9.47 Å². The number of nitrogens with one attached hydrogen (secondary N) is 1. The molecule has 8 heteroatoms. The Bertz CT molecular complexity index is 1320. The minimum absolute atomic E-state index is 0.147. The molecule has 0 fully saturated rings. The maximum Gasteiger partial charge on any atom is 0.262 e. The average Bonchev–Trinajstić information content (AvgIpc) is 2.85. The van der Waals surface area contributed by atoms with Gasteiger partial charge in [-0.05, 0) is 55.5 Å². The summed E-state index contributed by atoms with van der Waals surface area (Å²) < 4.78 is 12.5. The largest absolute Gasteiger partial charge is 0.457 e. The first-order valence-electron chi connectivity index (χ1n) is 10.8. The van der Waals surface area contributed by atoms with E-state index in [1.807, 2.05) is 42.5 Å². The molecule has 0 bridgehead atoms. The van der Waals surface area contributed by atoms with Crippen LogP contribution in [0.5, 0.6) is 11.5 Å². The molecule has 0 saturated carbocycles. The lowest BCUT2D eigenvalue weighted by molar-refractivity contribution is -0.115. The molecule has 0 aliphatic rings. The second-order valence-electron chi connectivity index (χ2n) is 7.55. The van der Waals surface area contributed by atoms with Crippen molar-refractivity contribution in [3.63, 3.8) is 0 Å². The number of carbonyl (C=O) groups is 1. The number of anilines is 1. The van der Waals surface area contributed by atoms with Crippen molar-refractivity contribution in [2.75, 3.05) is 19.0 Å². The van der Waals surface area contributed by atoms with Gasteiger partial charge in [-0.3, -0.25) is 14.2 Å². The monoisotopic (exact) mass is 475 g/mol. The summed E-state index contributed by atoms with van der Waals surface area (Å²) in [4.78, 5) is 30.5. The van der Waals surface area contributed by atoms with Crippen LogP contribution >= 0.6 is 11.8 Å². The Morgan fingerprint density at radius 2 is 1.68 bits per heavy atom. The molecule has 3 aromatic carbocycles. The molecule has 0 aliphatic heterocycles. The molecular weight excluding hydrogens is 450 g/mol. The van der Waals surface area contributed by atoms with Gasteiger partial charge in [-0.2, -0.15) is 0 Å². The van der Waals surface area contributed by atoms with E-state index in [2.05, 4.69) is 10.3 Å². The topological polar surface area (TPSA) is 82.4 Å². The van der Waals surface area contributed by atoms with Crippen molar-refractivity contribution in [1.82, 2.24) is 9.55 Å². The molecule has 1 heterocycles. The summed E-state index contributed by atoms with van der Waals surface area (Å²) >= 11 is 1.24. The maximum atomic E-state index is 13.0. The van der Waals surface area contributed by atoms with Gasteiger partial charge >= 0.3 is 0 Å². The minimum atomic E-state index is -0.484. The Balaban J connectivity index is 1.46. The quantitative estimate of drug-likeness (QED) is 0.272. The third-order valence-electron chi connectivity index (χ3n) is 5.10. The van der Waals surface area contributed by atoms with Crippen LogP contribution in [0.2, 0.25) is 0 Å². The number of carbonyl (C=O) groups excluding carboxylic acids is 1. The van der Waals surface area contributed by atoms with Gasteiger partial charge in [0.25, 0.3) is 5.56 Å². The molecule has 1 amide bonds. The van der Waals surface area contributed by atoms with Crippen molar-refractivity contribution in [3.05, 3.63) is 89.2 Å². The van der Waals surface area contributed by atoms with E-state index in [0.717, 1.165) is 5.75 Å². The SMILES string of the molecule is COCCn1c(S[C@H](C)C(=O)Nc2ccc(Oc3ccccc3)cc2)nc2ccccc2c1=O. The first-order valence-corrected chi connectivity index (χ1v) is 11.7. The Kier molecular flexibility index (Phi) is 7.61. The standard InChI is InChI=1S/C26H25N3O4S/c1-18(24(30)27-19-12-14-21(15-13-19)33-20-8-4-3-5-9-20)34-26-28-23-11-7-6-10-22(23)25(31)29(26)16-17-32-2/h3-15,18H,16-17H2,1-2H3,(H,27,30)/t18-/m1/s1. The minimum Gasteiger partial charge on any atom is -0.457 e. The molecule has 4 aromatic rings. The van der Waals surface area contributed by atoms with Crippen molar-refractivity contribution < 1.29 is 14.3 Å². The predicted molar refractivity (Wildman–Crippen MR) is 135 cm³/mol. The zero-order valence-electron chi connectivity index (χ0n) is 18.9. The number of benzene rings is 3. The Hall–Kier alpha value is -3.62. The van der Waals surface area contributed by atoms with Crippen LogP contribution in [0.25, 0.3) is 10.9 Å². The van der Waals surface area contributed by atoms with Crippen molar-refractivity contribution >= 4 is 34.3 Å². The molecule has 174 valence electrons. The highest BCUT2D eigenvalue weighted by Gasteiger charge is 2.19. The van der Waals surface area contributed by atoms with Gasteiger partial charge in [-0.1, -0.05) is 42.1 Å². The summed E-state index contributed by atoms with van der Waals surface area (Å²) in [5.41, 5.74) is 1.11. The first-order chi connectivity index (χ1) is 16.5. The highest BCUT2D eigenvalue weighted by molar-refractivity contribution is 8.00. The normalized spacial score (nSPS) is 11.8. The summed E-state index contributed by atoms with van der Waals surface area (Å²) in [6, 6.07) is 23.9. The van der Waals surface area contributed by atoms with E-state index in [-0.39, 0.29) is 11.5 Å². The van der Waals surface area contributed by atoms with Crippen molar-refractivity contribution in [3.8, 4) is 11.5 Å². The number of para-hydroxylation sites is 2. The number of thioether (sulfide) groups is 1. The van der Waals surface area contributed by atoms with Gasteiger partial charge in [-0.25, -0.2) is 4.98 Å². The molecule has 34 heavy (non-hydrogen) atoms. The van der Waals surface area contributed by atoms with Crippen LogP contribution in [0.4, 0.5) is 5.69 Å². The summed E-state index contributed by atoms with van der Waals surface area (Å²) in [5, 5.41) is 3.45. The molecule has 0 saturated heterocycles. The highest BCUT2D eigenvalue weighted by Crippen LogP contribution is 2.25. The number of aromatic nitrogens is 2. The Morgan fingerprint density at radius 1 is 1.00 bits per heavy atom. The number of rotatable bonds is 9. The fraction of sp³-hybridized carbons (Fsp3) is 0.192. The molecular formula is C26H25N3O4S. The van der Waals surface area contributed by atoms with E-state index in [9.17, 15) is 9.59 Å². The molecule has 1 aromatic heterocycles. The predicted octanol–water partition coefficient (Wildman–Crippen LogP) is 4.95. The third-order valence-corrected chi connectivity index (χ3v) is 6.19. The van der Waals surface area contributed by atoms with Gasteiger partial charge in [0, 0.05) is 12.8 Å². The number of ether oxygens (including phenoxy) is 2. The van der Waals surface area contributed by atoms with Crippen LogP contribution in [-0.2, 0) is 16.1 Å². The van der Waals surface area contributed by atoms with Crippen molar-refractivity contribution in [2.24, 2.45) is 0 Å².